The Bertz CT molecular complexity index is 644. The number of nitrogens with one attached hydrogen (secondary N) is 1. The van der Waals surface area contributed by atoms with Gasteiger partial charge in [0.15, 0.2) is 0 Å². The van der Waals surface area contributed by atoms with Crippen molar-refractivity contribution < 1.29 is 13.2 Å². The Labute approximate surface area is 126 Å². The lowest BCUT2D eigenvalue weighted by Crippen LogP contribution is -2.33. The fourth-order valence-corrected chi connectivity index (χ4v) is 4.71. The highest BCUT2D eigenvalue weighted by atomic mass is 79.9. The lowest BCUT2D eigenvalue weighted by Gasteiger charge is -2.21. The van der Waals surface area contributed by atoms with Crippen molar-refractivity contribution in [3.63, 3.8) is 0 Å². The quantitative estimate of drug-likeness (QED) is 0.867. The Morgan fingerprint density at radius 1 is 1.25 bits per heavy atom. The highest BCUT2D eigenvalue weighted by molar-refractivity contribution is 9.10. The van der Waals surface area contributed by atoms with Crippen molar-refractivity contribution in [2.45, 2.75) is 17.7 Å². The third-order valence-corrected chi connectivity index (χ3v) is 6.44. The molecule has 0 saturated carbocycles. The summed E-state index contributed by atoms with van der Waals surface area (Å²) in [5.74, 6) is 0.0212. The van der Waals surface area contributed by atoms with Gasteiger partial charge in [0.05, 0.1) is 4.90 Å². The van der Waals surface area contributed by atoms with Crippen LogP contribution in [0.15, 0.2) is 33.6 Å². The zero-order valence-electron chi connectivity index (χ0n) is 10.8. The van der Waals surface area contributed by atoms with Gasteiger partial charge >= 0.3 is 0 Å². The zero-order chi connectivity index (χ0) is 14.4. The number of nitrogens with zero attached hydrogens (tertiary/aromatic N) is 1. The van der Waals surface area contributed by atoms with Crippen LogP contribution in [0.4, 0.5) is 0 Å². The fraction of sp³-hybridized carbons (Fsp3) is 0.462. The van der Waals surface area contributed by atoms with Crippen molar-refractivity contribution in [2.75, 3.05) is 19.6 Å². The van der Waals surface area contributed by atoms with Crippen LogP contribution >= 0.6 is 15.9 Å². The molecule has 1 amide bonds. The average Bonchev–Trinajstić information content (AvgIpc) is 2.98. The van der Waals surface area contributed by atoms with E-state index >= 15 is 0 Å². The summed E-state index contributed by atoms with van der Waals surface area (Å²) in [7, 11) is -3.46. The summed E-state index contributed by atoms with van der Waals surface area (Å²) in [5.41, 5.74) is -0.209. The van der Waals surface area contributed by atoms with Crippen LogP contribution < -0.4 is 5.32 Å². The molecule has 2 aliphatic heterocycles. The van der Waals surface area contributed by atoms with E-state index < -0.39 is 10.0 Å². The van der Waals surface area contributed by atoms with Gasteiger partial charge in [0.25, 0.3) is 0 Å². The molecule has 2 fully saturated rings. The Balaban J connectivity index is 1.83. The fourth-order valence-electron chi connectivity index (χ4n) is 2.90. The van der Waals surface area contributed by atoms with Gasteiger partial charge in [-0.15, -0.1) is 0 Å². The molecule has 1 spiro atoms. The Hall–Kier alpha value is -0.920. The van der Waals surface area contributed by atoms with E-state index in [0.29, 0.717) is 31.0 Å². The molecule has 0 aromatic heterocycles. The predicted molar refractivity (Wildman–Crippen MR) is 77.6 cm³/mol. The first-order valence-electron chi connectivity index (χ1n) is 6.44. The summed E-state index contributed by atoms with van der Waals surface area (Å²) in [6.45, 7) is 1.48. The van der Waals surface area contributed by atoms with Crippen molar-refractivity contribution in [3.05, 3.63) is 28.7 Å². The van der Waals surface area contributed by atoms with Gasteiger partial charge in [-0.05, 0) is 30.7 Å². The summed E-state index contributed by atoms with van der Waals surface area (Å²) in [6, 6.07) is 6.64. The first-order valence-corrected chi connectivity index (χ1v) is 8.67. The predicted octanol–water partition coefficient (Wildman–Crippen LogP) is 1.35. The van der Waals surface area contributed by atoms with Gasteiger partial charge in [0.2, 0.25) is 15.9 Å². The number of benzene rings is 1. The topological polar surface area (TPSA) is 66.5 Å². The number of hydrogen-bond donors (Lipinski definition) is 1. The molecule has 2 aliphatic rings. The SMILES string of the molecule is O=C1CC2(CCN(S(=O)(=O)c3ccc(Br)cc3)C2)CN1. The maximum absolute atomic E-state index is 12.6. The molecule has 3 rings (SSSR count). The van der Waals surface area contributed by atoms with E-state index in [1.807, 2.05) is 0 Å². The van der Waals surface area contributed by atoms with Crippen molar-refractivity contribution >= 4 is 31.9 Å². The highest BCUT2D eigenvalue weighted by Crippen LogP contribution is 2.38. The second-order valence-electron chi connectivity index (χ2n) is 5.50. The van der Waals surface area contributed by atoms with Crippen molar-refractivity contribution in [2.24, 2.45) is 5.41 Å². The minimum Gasteiger partial charge on any atom is -0.355 e. The number of rotatable bonds is 2. The van der Waals surface area contributed by atoms with Crippen LogP contribution in [0.2, 0.25) is 0 Å². The summed E-state index contributed by atoms with van der Waals surface area (Å²) < 4.78 is 27.5. The molecule has 108 valence electrons. The van der Waals surface area contributed by atoms with Gasteiger partial charge in [0, 0.05) is 35.9 Å². The van der Waals surface area contributed by atoms with E-state index in [1.165, 1.54) is 4.31 Å². The summed E-state index contributed by atoms with van der Waals surface area (Å²) in [4.78, 5) is 11.7. The smallest absolute Gasteiger partial charge is 0.243 e. The molecule has 0 radical (unpaired) electrons. The second kappa shape index (κ2) is 4.82. The van der Waals surface area contributed by atoms with Crippen LogP contribution in [0.3, 0.4) is 0 Å². The van der Waals surface area contributed by atoms with Crippen LogP contribution in [0.25, 0.3) is 0 Å². The third-order valence-electron chi connectivity index (χ3n) is 4.05. The molecule has 0 bridgehead atoms. The molecule has 2 saturated heterocycles. The lowest BCUT2D eigenvalue weighted by molar-refractivity contribution is -0.119. The number of halogens is 1. The van der Waals surface area contributed by atoms with E-state index in [2.05, 4.69) is 21.2 Å². The van der Waals surface area contributed by atoms with E-state index in [-0.39, 0.29) is 11.3 Å². The normalized spacial score (nSPS) is 27.1. The van der Waals surface area contributed by atoms with Crippen LogP contribution in [0.1, 0.15) is 12.8 Å². The molecular formula is C13H15BrN2O3S. The zero-order valence-corrected chi connectivity index (χ0v) is 13.2. The highest BCUT2D eigenvalue weighted by Gasteiger charge is 2.47. The summed E-state index contributed by atoms with van der Waals surface area (Å²) in [6.07, 6.45) is 1.17. The van der Waals surface area contributed by atoms with Crippen molar-refractivity contribution in [3.8, 4) is 0 Å². The molecule has 20 heavy (non-hydrogen) atoms. The van der Waals surface area contributed by atoms with E-state index in [9.17, 15) is 13.2 Å². The molecule has 1 aromatic carbocycles. The second-order valence-corrected chi connectivity index (χ2v) is 8.35. The van der Waals surface area contributed by atoms with Gasteiger partial charge in [-0.25, -0.2) is 8.42 Å². The van der Waals surface area contributed by atoms with Crippen LogP contribution in [0, 0.1) is 5.41 Å². The minimum absolute atomic E-state index is 0.0212. The van der Waals surface area contributed by atoms with Gasteiger partial charge < -0.3 is 5.32 Å². The maximum atomic E-state index is 12.6. The van der Waals surface area contributed by atoms with E-state index in [1.54, 1.807) is 24.3 Å². The number of amides is 1. The number of hydrogen-bond acceptors (Lipinski definition) is 3. The van der Waals surface area contributed by atoms with E-state index in [4.69, 9.17) is 0 Å². The average molecular weight is 359 g/mol. The van der Waals surface area contributed by atoms with E-state index in [0.717, 1.165) is 10.9 Å². The van der Waals surface area contributed by atoms with Crippen LogP contribution in [-0.2, 0) is 14.8 Å². The molecule has 2 heterocycles. The Kier molecular flexibility index (Phi) is 3.38. The Morgan fingerprint density at radius 3 is 2.55 bits per heavy atom. The lowest BCUT2D eigenvalue weighted by atomic mass is 9.86. The van der Waals surface area contributed by atoms with Gasteiger partial charge in [0.1, 0.15) is 0 Å². The van der Waals surface area contributed by atoms with Gasteiger partial charge in [-0.3, -0.25) is 4.79 Å². The molecule has 1 unspecified atom stereocenters. The number of carbonyl (C=O) groups is 1. The largest absolute Gasteiger partial charge is 0.355 e. The first kappa shape index (κ1) is 14.0. The molecule has 1 N–H and O–H groups in total. The molecule has 1 atom stereocenters. The molecule has 5 nitrogen and oxygen atoms in total. The number of sulfonamides is 1. The van der Waals surface area contributed by atoms with Gasteiger partial charge in [-0.2, -0.15) is 4.31 Å². The molecule has 1 aromatic rings. The molecular weight excluding hydrogens is 344 g/mol. The standard InChI is InChI=1S/C13H15BrN2O3S/c14-10-1-3-11(4-2-10)20(18,19)16-6-5-13(9-16)7-12(17)15-8-13/h1-4H,5-9H2,(H,15,17). The first-order chi connectivity index (χ1) is 9.41. The maximum Gasteiger partial charge on any atom is 0.243 e. The van der Waals surface area contributed by atoms with Crippen molar-refractivity contribution in [1.82, 2.24) is 9.62 Å². The molecule has 0 aliphatic carbocycles. The monoisotopic (exact) mass is 358 g/mol. The van der Waals surface area contributed by atoms with Gasteiger partial charge in [-0.1, -0.05) is 15.9 Å². The third kappa shape index (κ3) is 2.38. The minimum atomic E-state index is -3.46. The Morgan fingerprint density at radius 2 is 1.95 bits per heavy atom. The summed E-state index contributed by atoms with van der Waals surface area (Å²) in [5, 5.41) is 2.80. The van der Waals surface area contributed by atoms with Crippen molar-refractivity contribution in [1.29, 1.82) is 0 Å². The number of carbonyl (C=O) groups excluding carboxylic acids is 1. The molecule has 7 heteroatoms. The van der Waals surface area contributed by atoms with Crippen LogP contribution in [-0.4, -0.2) is 38.3 Å². The summed E-state index contributed by atoms with van der Waals surface area (Å²) >= 11 is 3.30. The van der Waals surface area contributed by atoms with Crippen LogP contribution in [0.5, 0.6) is 0 Å².